The van der Waals surface area contributed by atoms with E-state index in [0.29, 0.717) is 11.4 Å². The fourth-order valence-corrected chi connectivity index (χ4v) is 3.85. The lowest BCUT2D eigenvalue weighted by Crippen LogP contribution is -2.17. The van der Waals surface area contributed by atoms with Gasteiger partial charge >= 0.3 is 0 Å². The first kappa shape index (κ1) is 20.3. The molecule has 0 spiro atoms. The van der Waals surface area contributed by atoms with Gasteiger partial charge in [0.2, 0.25) is 0 Å². The van der Waals surface area contributed by atoms with Gasteiger partial charge in [-0.25, -0.2) is 12.8 Å². The number of carbonyl (C=O) groups is 1. The Morgan fingerprint density at radius 3 is 2.17 bits per heavy atom. The molecule has 0 bridgehead atoms. The molecule has 0 fully saturated rings. The number of rotatable bonds is 6. The average molecular weight is 414 g/mol. The van der Waals surface area contributed by atoms with Crippen molar-refractivity contribution in [3.8, 4) is 5.75 Å². The molecule has 8 heteroatoms. The third kappa shape index (κ3) is 4.91. The number of hydrogen-bond acceptors (Lipinski definition) is 4. The number of halogens is 1. The molecule has 0 aliphatic heterocycles. The van der Waals surface area contributed by atoms with Crippen molar-refractivity contribution in [3.63, 3.8) is 0 Å². The van der Waals surface area contributed by atoms with Crippen molar-refractivity contribution >= 4 is 27.3 Å². The van der Waals surface area contributed by atoms with Crippen LogP contribution in [0.25, 0.3) is 0 Å². The van der Waals surface area contributed by atoms with Crippen LogP contribution in [0.1, 0.15) is 15.9 Å². The van der Waals surface area contributed by atoms with Gasteiger partial charge < -0.3 is 10.1 Å². The molecule has 6 nitrogen and oxygen atoms in total. The van der Waals surface area contributed by atoms with Crippen LogP contribution in [0.2, 0.25) is 0 Å². The summed E-state index contributed by atoms with van der Waals surface area (Å²) in [4.78, 5) is 12.3. The predicted octanol–water partition coefficient (Wildman–Crippen LogP) is 4.20. The van der Waals surface area contributed by atoms with Gasteiger partial charge in [-0.3, -0.25) is 9.52 Å². The van der Waals surface area contributed by atoms with Crippen LogP contribution in [0.15, 0.2) is 71.6 Å². The first-order chi connectivity index (χ1) is 13.8. The van der Waals surface area contributed by atoms with Crippen LogP contribution in [0, 0.1) is 12.7 Å². The minimum absolute atomic E-state index is 0.0999. The van der Waals surface area contributed by atoms with Gasteiger partial charge in [-0.1, -0.05) is 17.7 Å². The molecular weight excluding hydrogens is 395 g/mol. The van der Waals surface area contributed by atoms with Crippen LogP contribution in [0.3, 0.4) is 0 Å². The Kier molecular flexibility index (Phi) is 5.84. The van der Waals surface area contributed by atoms with Crippen molar-refractivity contribution in [2.75, 3.05) is 17.1 Å². The average Bonchev–Trinajstić information content (AvgIpc) is 2.70. The van der Waals surface area contributed by atoms with Gasteiger partial charge in [0, 0.05) is 16.9 Å². The molecular formula is C21H19FN2O4S. The lowest BCUT2D eigenvalue weighted by atomic mass is 10.2. The maximum Gasteiger partial charge on any atom is 0.265 e. The highest BCUT2D eigenvalue weighted by molar-refractivity contribution is 7.92. The highest BCUT2D eigenvalue weighted by Gasteiger charge is 2.22. The van der Waals surface area contributed by atoms with Crippen LogP contribution in [0.4, 0.5) is 15.8 Å². The number of sulfonamides is 1. The molecule has 0 aliphatic carbocycles. The molecule has 3 rings (SSSR count). The summed E-state index contributed by atoms with van der Waals surface area (Å²) in [5.74, 6) is -0.864. The van der Waals surface area contributed by atoms with E-state index in [2.05, 4.69) is 10.0 Å². The number of benzene rings is 3. The lowest BCUT2D eigenvalue weighted by molar-refractivity contribution is 0.102. The second-order valence-electron chi connectivity index (χ2n) is 6.30. The number of aryl methyl sites for hydroxylation is 1. The van der Waals surface area contributed by atoms with Crippen molar-refractivity contribution in [1.82, 2.24) is 0 Å². The van der Waals surface area contributed by atoms with Crippen molar-refractivity contribution in [3.05, 3.63) is 83.7 Å². The fourth-order valence-electron chi connectivity index (χ4n) is 2.60. The minimum Gasteiger partial charge on any atom is -0.495 e. The fraction of sp³-hybridized carbons (Fsp3) is 0.0952. The maximum atomic E-state index is 13.0. The molecule has 0 aliphatic rings. The van der Waals surface area contributed by atoms with Crippen LogP contribution < -0.4 is 14.8 Å². The van der Waals surface area contributed by atoms with E-state index >= 15 is 0 Å². The van der Waals surface area contributed by atoms with Crippen molar-refractivity contribution in [2.45, 2.75) is 11.8 Å². The summed E-state index contributed by atoms with van der Waals surface area (Å²) >= 11 is 0. The maximum absolute atomic E-state index is 13.0. The van der Waals surface area contributed by atoms with Gasteiger partial charge in [0.15, 0.2) is 0 Å². The summed E-state index contributed by atoms with van der Waals surface area (Å²) in [6, 6.07) is 16.2. The number of carbonyl (C=O) groups excluding carboxylic acids is 1. The van der Waals surface area contributed by atoms with Gasteiger partial charge in [0.1, 0.15) is 16.5 Å². The van der Waals surface area contributed by atoms with Crippen LogP contribution in [-0.2, 0) is 10.0 Å². The van der Waals surface area contributed by atoms with Crippen molar-refractivity contribution in [2.24, 2.45) is 0 Å². The van der Waals surface area contributed by atoms with E-state index in [4.69, 9.17) is 4.74 Å². The Morgan fingerprint density at radius 1 is 0.931 bits per heavy atom. The third-order valence-corrected chi connectivity index (χ3v) is 5.52. The first-order valence-electron chi connectivity index (χ1n) is 8.63. The largest absolute Gasteiger partial charge is 0.495 e. The van der Waals surface area contributed by atoms with Gasteiger partial charge in [0.05, 0.1) is 7.11 Å². The second-order valence-corrected chi connectivity index (χ2v) is 7.95. The lowest BCUT2D eigenvalue weighted by Gasteiger charge is -2.13. The molecule has 3 aromatic carbocycles. The zero-order chi connectivity index (χ0) is 21.0. The van der Waals surface area contributed by atoms with E-state index in [1.165, 1.54) is 49.6 Å². The monoisotopic (exact) mass is 414 g/mol. The normalized spacial score (nSPS) is 11.0. The molecule has 0 unspecified atom stereocenters. The van der Waals surface area contributed by atoms with Gasteiger partial charge in [-0.2, -0.15) is 0 Å². The number of amides is 1. The molecule has 1 amide bonds. The highest BCUT2D eigenvalue weighted by Crippen LogP contribution is 2.27. The van der Waals surface area contributed by atoms with E-state index in [9.17, 15) is 17.6 Å². The number of methoxy groups -OCH3 is 1. The van der Waals surface area contributed by atoms with E-state index < -0.39 is 21.7 Å². The van der Waals surface area contributed by atoms with Gasteiger partial charge in [-0.05, 0) is 61.5 Å². The number of nitrogens with one attached hydrogen (secondary N) is 2. The zero-order valence-electron chi connectivity index (χ0n) is 15.8. The van der Waals surface area contributed by atoms with Crippen molar-refractivity contribution < 1.29 is 22.3 Å². The topological polar surface area (TPSA) is 84.5 Å². The Balaban J connectivity index is 1.90. The van der Waals surface area contributed by atoms with Crippen LogP contribution >= 0.6 is 0 Å². The number of anilines is 2. The molecule has 29 heavy (non-hydrogen) atoms. The first-order valence-corrected chi connectivity index (χ1v) is 10.1. The van der Waals surface area contributed by atoms with Crippen LogP contribution in [0.5, 0.6) is 5.75 Å². The number of hydrogen-bond donors (Lipinski definition) is 2. The summed E-state index contributed by atoms with van der Waals surface area (Å²) in [6.45, 7) is 1.89. The Hall–Kier alpha value is -3.39. The Labute approximate surface area is 168 Å². The molecule has 3 aromatic rings. The van der Waals surface area contributed by atoms with E-state index in [0.717, 1.165) is 5.56 Å². The van der Waals surface area contributed by atoms with Crippen LogP contribution in [-0.4, -0.2) is 21.4 Å². The van der Waals surface area contributed by atoms with Gasteiger partial charge in [-0.15, -0.1) is 0 Å². The second kappa shape index (κ2) is 8.32. The number of ether oxygens (including phenoxy) is 1. The quantitative estimate of drug-likeness (QED) is 0.633. The molecule has 0 heterocycles. The summed E-state index contributed by atoms with van der Waals surface area (Å²) in [7, 11) is -2.66. The molecule has 2 N–H and O–H groups in total. The van der Waals surface area contributed by atoms with E-state index in [1.54, 1.807) is 24.3 Å². The molecule has 150 valence electrons. The summed E-state index contributed by atoms with van der Waals surface area (Å²) in [5.41, 5.74) is 1.87. The summed E-state index contributed by atoms with van der Waals surface area (Å²) in [5, 5.41) is 2.60. The molecule has 0 saturated heterocycles. The van der Waals surface area contributed by atoms with Gasteiger partial charge in [0.25, 0.3) is 15.9 Å². The third-order valence-electron chi connectivity index (χ3n) is 4.12. The molecule has 0 aromatic heterocycles. The Morgan fingerprint density at radius 2 is 1.55 bits per heavy atom. The zero-order valence-corrected chi connectivity index (χ0v) is 16.6. The molecule has 0 radical (unpaired) electrons. The van der Waals surface area contributed by atoms with E-state index in [1.807, 2.05) is 6.92 Å². The molecule has 0 atom stereocenters. The predicted molar refractivity (Wildman–Crippen MR) is 109 cm³/mol. The summed E-state index contributed by atoms with van der Waals surface area (Å²) < 4.78 is 46.4. The van der Waals surface area contributed by atoms with E-state index in [-0.39, 0.29) is 16.2 Å². The smallest absolute Gasteiger partial charge is 0.265 e. The van der Waals surface area contributed by atoms with Crippen molar-refractivity contribution in [1.29, 1.82) is 0 Å². The summed E-state index contributed by atoms with van der Waals surface area (Å²) in [6.07, 6.45) is 0. The standard InChI is InChI=1S/C21H19FN2O4S/c1-14-3-8-18(9-4-14)24-29(26,27)20-13-15(5-12-19(20)28-2)21(25)23-17-10-6-16(22)7-11-17/h3-13,24H,1-2H3,(H,23,25). The highest BCUT2D eigenvalue weighted by atomic mass is 32.2. The Bertz CT molecular complexity index is 1130. The SMILES string of the molecule is COc1ccc(C(=O)Nc2ccc(F)cc2)cc1S(=O)(=O)Nc1ccc(C)cc1. The molecule has 0 saturated carbocycles. The minimum atomic E-state index is -4.01.